The molecule has 0 spiro atoms. The van der Waals surface area contributed by atoms with E-state index in [2.05, 4.69) is 9.97 Å². The SMILES string of the molecule is O=c1[nH]c(C=Cc2ccc(Cl)c([N+](=O)[O-])c2)nc2scc(-c3cccs3)c12. The van der Waals surface area contributed by atoms with Gasteiger partial charge in [-0.2, -0.15) is 0 Å². The molecule has 4 rings (SSSR count). The van der Waals surface area contributed by atoms with Gasteiger partial charge in [0.05, 0.1) is 10.3 Å². The Balaban J connectivity index is 1.71. The zero-order valence-electron chi connectivity index (χ0n) is 13.5. The van der Waals surface area contributed by atoms with Crippen LogP contribution in [-0.2, 0) is 0 Å². The van der Waals surface area contributed by atoms with Crippen molar-refractivity contribution in [2.45, 2.75) is 0 Å². The topological polar surface area (TPSA) is 88.9 Å². The first-order valence-corrected chi connectivity index (χ1v) is 9.84. The second kappa shape index (κ2) is 7.07. The van der Waals surface area contributed by atoms with E-state index in [0.717, 1.165) is 10.4 Å². The van der Waals surface area contributed by atoms with E-state index in [1.165, 1.54) is 23.5 Å². The van der Waals surface area contributed by atoms with Gasteiger partial charge in [0.15, 0.2) is 0 Å². The number of nitrogens with zero attached hydrogens (tertiary/aromatic N) is 2. The van der Waals surface area contributed by atoms with E-state index in [0.29, 0.717) is 21.6 Å². The summed E-state index contributed by atoms with van der Waals surface area (Å²) >= 11 is 8.79. The fourth-order valence-corrected chi connectivity index (χ4v) is 4.56. The van der Waals surface area contributed by atoms with E-state index >= 15 is 0 Å². The lowest BCUT2D eigenvalue weighted by molar-refractivity contribution is -0.384. The van der Waals surface area contributed by atoms with Crippen LogP contribution in [0.2, 0.25) is 5.02 Å². The molecular formula is C18H10ClN3O3S2. The number of H-pyrrole nitrogens is 1. The molecule has 0 saturated carbocycles. The Hall–Kier alpha value is -2.81. The van der Waals surface area contributed by atoms with Crippen LogP contribution in [0.3, 0.4) is 0 Å². The molecule has 134 valence electrons. The summed E-state index contributed by atoms with van der Waals surface area (Å²) in [7, 11) is 0. The van der Waals surface area contributed by atoms with E-state index in [9.17, 15) is 14.9 Å². The maximum Gasteiger partial charge on any atom is 0.288 e. The van der Waals surface area contributed by atoms with Gasteiger partial charge in [-0.05, 0) is 29.2 Å². The van der Waals surface area contributed by atoms with Crippen molar-refractivity contribution in [2.24, 2.45) is 0 Å². The normalized spacial score (nSPS) is 11.4. The Labute approximate surface area is 165 Å². The molecule has 3 aromatic heterocycles. The van der Waals surface area contributed by atoms with Gasteiger partial charge in [0.1, 0.15) is 15.7 Å². The molecule has 9 heteroatoms. The third kappa shape index (κ3) is 3.42. The smallest absolute Gasteiger partial charge is 0.288 e. The van der Waals surface area contributed by atoms with Crippen molar-refractivity contribution in [3.8, 4) is 10.4 Å². The lowest BCUT2D eigenvalue weighted by Crippen LogP contribution is -2.08. The first-order chi connectivity index (χ1) is 13.0. The molecule has 0 aliphatic heterocycles. The number of hydrogen-bond donors (Lipinski definition) is 1. The first kappa shape index (κ1) is 17.6. The number of nitro groups is 1. The summed E-state index contributed by atoms with van der Waals surface area (Å²) in [4.78, 5) is 31.9. The second-order valence-electron chi connectivity index (χ2n) is 5.56. The van der Waals surface area contributed by atoms with Crippen LogP contribution in [0.25, 0.3) is 32.8 Å². The molecular weight excluding hydrogens is 406 g/mol. The van der Waals surface area contributed by atoms with Gasteiger partial charge in [-0.15, -0.1) is 22.7 Å². The average molecular weight is 416 g/mol. The molecule has 4 aromatic rings. The van der Waals surface area contributed by atoms with E-state index < -0.39 is 4.92 Å². The Kier molecular flexibility index (Phi) is 4.61. The van der Waals surface area contributed by atoms with Gasteiger partial charge in [0.2, 0.25) is 0 Å². The van der Waals surface area contributed by atoms with E-state index in [4.69, 9.17) is 11.6 Å². The molecule has 0 bridgehead atoms. The van der Waals surface area contributed by atoms with Gasteiger partial charge in [-0.25, -0.2) is 4.98 Å². The van der Waals surface area contributed by atoms with E-state index in [1.807, 2.05) is 22.9 Å². The minimum absolute atomic E-state index is 0.0739. The lowest BCUT2D eigenvalue weighted by atomic mass is 10.2. The van der Waals surface area contributed by atoms with Crippen molar-refractivity contribution in [3.05, 3.63) is 78.0 Å². The highest BCUT2D eigenvalue weighted by molar-refractivity contribution is 7.18. The standard InChI is InChI=1S/C18H10ClN3O3S2/c19-12-5-3-10(8-13(12)22(24)25)4-6-15-20-17(23)16-11(9-27-18(16)21-15)14-2-1-7-26-14/h1-9H,(H,20,21,23). The molecule has 0 atom stereocenters. The summed E-state index contributed by atoms with van der Waals surface area (Å²) in [5.41, 5.74) is 1.07. The molecule has 0 aliphatic carbocycles. The Morgan fingerprint density at radius 3 is 2.81 bits per heavy atom. The number of aromatic amines is 1. The number of halogens is 1. The molecule has 0 saturated heterocycles. The fourth-order valence-electron chi connectivity index (χ4n) is 2.61. The predicted molar refractivity (Wildman–Crippen MR) is 111 cm³/mol. The number of benzene rings is 1. The van der Waals surface area contributed by atoms with Crippen LogP contribution in [0.4, 0.5) is 5.69 Å². The summed E-state index contributed by atoms with van der Waals surface area (Å²) < 4.78 is 0. The molecule has 3 heterocycles. The number of nitro benzene ring substituents is 1. The summed E-state index contributed by atoms with van der Waals surface area (Å²) in [6.45, 7) is 0. The van der Waals surface area contributed by atoms with Crippen LogP contribution in [0.5, 0.6) is 0 Å². The van der Waals surface area contributed by atoms with Crippen molar-refractivity contribution >= 4 is 62.3 Å². The number of nitrogens with one attached hydrogen (secondary N) is 1. The maximum atomic E-state index is 12.6. The summed E-state index contributed by atoms with van der Waals surface area (Å²) in [5.74, 6) is 0.379. The van der Waals surface area contributed by atoms with Crippen molar-refractivity contribution in [1.29, 1.82) is 0 Å². The molecule has 27 heavy (non-hydrogen) atoms. The number of hydrogen-bond acceptors (Lipinski definition) is 6. The minimum atomic E-state index is -0.538. The van der Waals surface area contributed by atoms with Gasteiger partial charge < -0.3 is 4.98 Å². The Morgan fingerprint density at radius 2 is 2.07 bits per heavy atom. The van der Waals surface area contributed by atoms with Crippen LogP contribution < -0.4 is 5.56 Å². The van der Waals surface area contributed by atoms with Gasteiger partial charge in [-0.1, -0.05) is 29.8 Å². The van der Waals surface area contributed by atoms with Gasteiger partial charge in [-0.3, -0.25) is 14.9 Å². The molecule has 1 aromatic carbocycles. The highest BCUT2D eigenvalue weighted by atomic mass is 35.5. The Bertz CT molecular complexity index is 1240. The summed E-state index contributed by atoms with van der Waals surface area (Å²) in [6.07, 6.45) is 3.25. The van der Waals surface area contributed by atoms with E-state index in [1.54, 1.807) is 29.6 Å². The molecule has 0 radical (unpaired) electrons. The number of aromatic nitrogens is 2. The van der Waals surface area contributed by atoms with Gasteiger partial charge in [0.25, 0.3) is 11.2 Å². The highest BCUT2D eigenvalue weighted by Crippen LogP contribution is 2.33. The van der Waals surface area contributed by atoms with Crippen LogP contribution >= 0.6 is 34.3 Å². The van der Waals surface area contributed by atoms with Crippen molar-refractivity contribution < 1.29 is 4.92 Å². The van der Waals surface area contributed by atoms with Gasteiger partial charge >= 0.3 is 0 Å². The molecule has 6 nitrogen and oxygen atoms in total. The third-order valence-electron chi connectivity index (χ3n) is 3.85. The molecule has 0 amide bonds. The van der Waals surface area contributed by atoms with E-state index in [-0.39, 0.29) is 16.3 Å². The average Bonchev–Trinajstić information content (AvgIpc) is 3.30. The number of rotatable bonds is 4. The molecule has 0 fully saturated rings. The van der Waals surface area contributed by atoms with Crippen LogP contribution in [-0.4, -0.2) is 14.9 Å². The van der Waals surface area contributed by atoms with Gasteiger partial charge in [0, 0.05) is 21.9 Å². The fraction of sp³-hybridized carbons (Fsp3) is 0. The monoisotopic (exact) mass is 415 g/mol. The van der Waals surface area contributed by atoms with Crippen molar-refractivity contribution in [2.75, 3.05) is 0 Å². The minimum Gasteiger partial charge on any atom is -0.306 e. The zero-order valence-corrected chi connectivity index (χ0v) is 15.9. The van der Waals surface area contributed by atoms with Crippen molar-refractivity contribution in [3.63, 3.8) is 0 Å². The lowest BCUT2D eigenvalue weighted by Gasteiger charge is -1.99. The number of thiophene rings is 2. The second-order valence-corrected chi connectivity index (χ2v) is 7.77. The van der Waals surface area contributed by atoms with Crippen LogP contribution in [0, 0.1) is 10.1 Å². The number of fused-ring (bicyclic) bond motifs is 1. The molecule has 1 N–H and O–H groups in total. The molecule has 0 unspecified atom stereocenters. The van der Waals surface area contributed by atoms with Crippen molar-refractivity contribution in [1.82, 2.24) is 9.97 Å². The predicted octanol–water partition coefficient (Wildman–Crippen LogP) is 5.45. The van der Waals surface area contributed by atoms with Crippen LogP contribution in [0.15, 0.2) is 45.9 Å². The largest absolute Gasteiger partial charge is 0.306 e. The first-order valence-electron chi connectivity index (χ1n) is 7.70. The quantitative estimate of drug-likeness (QED) is 0.354. The van der Waals surface area contributed by atoms with Crippen LogP contribution in [0.1, 0.15) is 11.4 Å². The Morgan fingerprint density at radius 1 is 1.22 bits per heavy atom. The maximum absolute atomic E-state index is 12.6. The highest BCUT2D eigenvalue weighted by Gasteiger charge is 2.14. The zero-order chi connectivity index (χ0) is 19.0. The summed E-state index contributed by atoms with van der Waals surface area (Å²) in [6, 6.07) is 8.39. The third-order valence-corrected chi connectivity index (χ3v) is 5.94. The molecule has 0 aliphatic rings. The summed E-state index contributed by atoms with van der Waals surface area (Å²) in [5, 5.41) is 15.5.